The van der Waals surface area contributed by atoms with Gasteiger partial charge in [0.15, 0.2) is 0 Å². The van der Waals surface area contributed by atoms with E-state index in [1.807, 2.05) is 6.20 Å². The third kappa shape index (κ3) is 2.17. The van der Waals surface area contributed by atoms with Gasteiger partial charge in [-0.3, -0.25) is 4.90 Å². The minimum Gasteiger partial charge on any atom is -0.353 e. The van der Waals surface area contributed by atoms with E-state index in [-0.39, 0.29) is 0 Å². The maximum atomic E-state index is 4.58. The Morgan fingerprint density at radius 1 is 1.15 bits per heavy atom. The Hall–Kier alpha value is -0.610. The van der Waals surface area contributed by atoms with Crippen LogP contribution in [-0.4, -0.2) is 42.1 Å². The Labute approximate surface area is 129 Å². The molecule has 3 heterocycles. The van der Waals surface area contributed by atoms with Crippen LogP contribution in [0.3, 0.4) is 0 Å². The van der Waals surface area contributed by atoms with E-state index < -0.39 is 0 Å². The molecule has 0 bridgehead atoms. The molecular weight excluding hydrogens is 314 g/mol. The molecule has 1 aromatic rings. The lowest BCUT2D eigenvalue weighted by Gasteiger charge is -2.45. The number of anilines is 1. The van der Waals surface area contributed by atoms with Crippen molar-refractivity contribution in [1.82, 2.24) is 9.88 Å². The van der Waals surface area contributed by atoms with Gasteiger partial charge in [-0.1, -0.05) is 6.42 Å². The molecule has 0 aromatic carbocycles. The first-order valence-electron chi connectivity index (χ1n) is 7.82. The minimum atomic E-state index is 0.769. The Morgan fingerprint density at radius 2 is 1.85 bits per heavy atom. The highest BCUT2D eigenvalue weighted by molar-refractivity contribution is 9.10. The van der Waals surface area contributed by atoms with E-state index in [0.29, 0.717) is 0 Å². The van der Waals surface area contributed by atoms with Crippen molar-refractivity contribution in [2.45, 2.75) is 32.2 Å². The first kappa shape index (κ1) is 13.1. The van der Waals surface area contributed by atoms with Gasteiger partial charge in [-0.25, -0.2) is 4.98 Å². The van der Waals surface area contributed by atoms with E-state index in [2.05, 4.69) is 43.7 Å². The number of fused-ring (bicyclic) bond motifs is 1. The van der Waals surface area contributed by atoms with Crippen LogP contribution in [0.2, 0.25) is 0 Å². The second-order valence-electron chi connectivity index (χ2n) is 6.76. The summed E-state index contributed by atoms with van der Waals surface area (Å²) in [6, 6.07) is 2.93. The van der Waals surface area contributed by atoms with Gasteiger partial charge >= 0.3 is 0 Å². The van der Waals surface area contributed by atoms with Crippen LogP contribution in [0.1, 0.15) is 24.8 Å². The fraction of sp³-hybridized carbons (Fsp3) is 0.688. The summed E-state index contributed by atoms with van der Waals surface area (Å²) in [7, 11) is 0. The molecule has 20 heavy (non-hydrogen) atoms. The van der Waals surface area contributed by atoms with Crippen molar-refractivity contribution in [2.75, 3.05) is 31.1 Å². The average Bonchev–Trinajstić information content (AvgIpc) is 2.90. The first-order valence-corrected chi connectivity index (χ1v) is 8.61. The summed E-state index contributed by atoms with van der Waals surface area (Å²) in [4.78, 5) is 9.76. The zero-order chi connectivity index (χ0) is 13.7. The van der Waals surface area contributed by atoms with E-state index in [1.54, 1.807) is 0 Å². The SMILES string of the molecule is Cc1cc(Br)cnc1N1CC(N2CC3CCCC3C2)C1. The quantitative estimate of drug-likeness (QED) is 0.827. The van der Waals surface area contributed by atoms with Crippen molar-refractivity contribution < 1.29 is 0 Å². The molecule has 2 unspecified atom stereocenters. The highest BCUT2D eigenvalue weighted by Gasteiger charge is 2.42. The van der Waals surface area contributed by atoms with E-state index >= 15 is 0 Å². The molecule has 3 aliphatic rings. The molecule has 0 radical (unpaired) electrons. The lowest BCUT2D eigenvalue weighted by Crippen LogP contribution is -2.59. The van der Waals surface area contributed by atoms with Crippen molar-refractivity contribution in [1.29, 1.82) is 0 Å². The molecule has 1 aliphatic carbocycles. The van der Waals surface area contributed by atoms with Gasteiger partial charge in [0.25, 0.3) is 0 Å². The average molecular weight is 336 g/mol. The summed E-state index contributed by atoms with van der Waals surface area (Å²) in [5.74, 6) is 3.19. The Morgan fingerprint density at radius 3 is 2.50 bits per heavy atom. The molecule has 2 atom stereocenters. The zero-order valence-electron chi connectivity index (χ0n) is 12.1. The number of likely N-dealkylation sites (tertiary alicyclic amines) is 1. The van der Waals surface area contributed by atoms with Crippen molar-refractivity contribution in [3.8, 4) is 0 Å². The lowest BCUT2D eigenvalue weighted by atomic mass is 10.0. The van der Waals surface area contributed by atoms with Gasteiger partial charge in [-0.05, 0) is 59.2 Å². The monoisotopic (exact) mass is 335 g/mol. The summed E-state index contributed by atoms with van der Waals surface area (Å²) in [6.45, 7) is 7.19. The second kappa shape index (κ2) is 4.99. The topological polar surface area (TPSA) is 19.4 Å². The molecule has 1 aromatic heterocycles. The Balaban J connectivity index is 1.38. The lowest BCUT2D eigenvalue weighted by molar-refractivity contribution is 0.189. The van der Waals surface area contributed by atoms with Crippen LogP contribution in [-0.2, 0) is 0 Å². The van der Waals surface area contributed by atoms with Crippen LogP contribution in [0.15, 0.2) is 16.7 Å². The standard InChI is InChI=1S/C16H22BrN3/c1-11-5-14(17)6-18-16(11)20-9-15(10-20)19-7-12-3-2-4-13(12)8-19/h5-6,12-13,15H,2-4,7-10H2,1H3. The van der Waals surface area contributed by atoms with E-state index in [0.717, 1.165) is 35.4 Å². The number of aryl methyl sites for hydroxylation is 1. The molecule has 108 valence electrons. The maximum Gasteiger partial charge on any atom is 0.131 e. The predicted octanol–water partition coefficient (Wildman–Crippen LogP) is 3.07. The van der Waals surface area contributed by atoms with Gasteiger partial charge in [0, 0.05) is 42.9 Å². The molecule has 3 nitrogen and oxygen atoms in total. The summed E-state index contributed by atoms with van der Waals surface area (Å²) in [5, 5.41) is 0. The number of nitrogens with zero attached hydrogens (tertiary/aromatic N) is 3. The summed E-state index contributed by atoms with van der Waals surface area (Å²) >= 11 is 3.49. The van der Waals surface area contributed by atoms with E-state index in [4.69, 9.17) is 0 Å². The molecule has 0 amide bonds. The van der Waals surface area contributed by atoms with E-state index in [9.17, 15) is 0 Å². The molecular formula is C16H22BrN3. The fourth-order valence-electron chi connectivity index (χ4n) is 4.29. The number of aromatic nitrogens is 1. The van der Waals surface area contributed by atoms with Crippen molar-refractivity contribution in [3.63, 3.8) is 0 Å². The predicted molar refractivity (Wildman–Crippen MR) is 85.1 cm³/mol. The number of hydrogen-bond donors (Lipinski definition) is 0. The van der Waals surface area contributed by atoms with Crippen LogP contribution in [0.4, 0.5) is 5.82 Å². The number of rotatable bonds is 2. The van der Waals surface area contributed by atoms with Gasteiger partial charge in [0.1, 0.15) is 5.82 Å². The third-order valence-electron chi connectivity index (χ3n) is 5.45. The van der Waals surface area contributed by atoms with E-state index in [1.165, 1.54) is 43.7 Å². The van der Waals surface area contributed by atoms with Crippen LogP contribution < -0.4 is 4.90 Å². The molecule has 3 fully saturated rings. The summed E-state index contributed by atoms with van der Waals surface area (Å²) < 4.78 is 1.07. The molecule has 2 saturated heterocycles. The largest absolute Gasteiger partial charge is 0.353 e. The minimum absolute atomic E-state index is 0.769. The Kier molecular flexibility index (Phi) is 3.26. The summed E-state index contributed by atoms with van der Waals surface area (Å²) in [5.41, 5.74) is 1.27. The maximum absolute atomic E-state index is 4.58. The third-order valence-corrected chi connectivity index (χ3v) is 5.88. The molecule has 1 saturated carbocycles. The van der Waals surface area contributed by atoms with Crippen molar-refractivity contribution in [2.24, 2.45) is 11.8 Å². The number of hydrogen-bond acceptors (Lipinski definition) is 3. The van der Waals surface area contributed by atoms with Crippen LogP contribution in [0, 0.1) is 18.8 Å². The number of pyridine rings is 1. The zero-order valence-corrected chi connectivity index (χ0v) is 13.6. The smallest absolute Gasteiger partial charge is 0.131 e. The van der Waals surface area contributed by atoms with Gasteiger partial charge in [0.05, 0.1) is 0 Å². The highest BCUT2D eigenvalue weighted by Crippen LogP contribution is 2.39. The first-order chi connectivity index (χ1) is 9.70. The molecule has 0 N–H and O–H groups in total. The van der Waals surface area contributed by atoms with Gasteiger partial charge in [-0.15, -0.1) is 0 Å². The molecule has 2 aliphatic heterocycles. The van der Waals surface area contributed by atoms with Gasteiger partial charge < -0.3 is 4.90 Å². The highest BCUT2D eigenvalue weighted by atomic mass is 79.9. The van der Waals surface area contributed by atoms with Crippen LogP contribution in [0.25, 0.3) is 0 Å². The van der Waals surface area contributed by atoms with Gasteiger partial charge in [0.2, 0.25) is 0 Å². The molecule has 0 spiro atoms. The van der Waals surface area contributed by atoms with Crippen LogP contribution >= 0.6 is 15.9 Å². The number of halogens is 1. The summed E-state index contributed by atoms with van der Waals surface area (Å²) in [6.07, 6.45) is 6.34. The molecule has 4 rings (SSSR count). The molecule has 4 heteroatoms. The second-order valence-corrected chi connectivity index (χ2v) is 7.67. The normalized spacial score (nSPS) is 30.6. The Bertz CT molecular complexity index is 500. The van der Waals surface area contributed by atoms with Gasteiger partial charge in [-0.2, -0.15) is 0 Å². The van der Waals surface area contributed by atoms with Crippen molar-refractivity contribution >= 4 is 21.7 Å². The van der Waals surface area contributed by atoms with Crippen LogP contribution in [0.5, 0.6) is 0 Å². The fourth-order valence-corrected chi connectivity index (χ4v) is 4.74. The van der Waals surface area contributed by atoms with Crippen molar-refractivity contribution in [3.05, 3.63) is 22.3 Å².